The fourth-order valence-corrected chi connectivity index (χ4v) is 1.74. The average molecular weight is 285 g/mol. The lowest BCUT2D eigenvalue weighted by Gasteiger charge is -2.02. The van der Waals surface area contributed by atoms with Crippen molar-refractivity contribution >= 4 is 39.3 Å². The molecule has 0 aliphatic carbocycles. The van der Waals surface area contributed by atoms with Crippen molar-refractivity contribution in [2.75, 3.05) is 5.73 Å². The zero-order chi connectivity index (χ0) is 9.42. The molecular weight excluding hydrogens is 277 g/mol. The lowest BCUT2D eigenvalue weighted by Crippen LogP contribution is -1.97. The van der Waals surface area contributed by atoms with Gasteiger partial charge in [0.05, 0.1) is 5.52 Å². The van der Waals surface area contributed by atoms with E-state index < -0.39 is 0 Å². The summed E-state index contributed by atoms with van der Waals surface area (Å²) in [4.78, 5) is 8.39. The van der Waals surface area contributed by atoms with Crippen molar-refractivity contribution in [3.05, 3.63) is 27.6 Å². The van der Waals surface area contributed by atoms with Gasteiger partial charge >= 0.3 is 0 Å². The summed E-state index contributed by atoms with van der Waals surface area (Å²) in [6.45, 7) is 1.84. The van der Waals surface area contributed by atoms with E-state index in [0.29, 0.717) is 11.6 Å². The molecule has 3 nitrogen and oxygen atoms in total. The standard InChI is InChI=1S/C9H8IN3/c1-5-12-8-3-2-6(10)4-7(8)9(11)13-5/h2-4H,1H3,(H2,11,12,13). The van der Waals surface area contributed by atoms with Gasteiger partial charge in [0, 0.05) is 8.96 Å². The summed E-state index contributed by atoms with van der Waals surface area (Å²) >= 11 is 2.24. The molecule has 4 heteroatoms. The van der Waals surface area contributed by atoms with Crippen molar-refractivity contribution in [1.29, 1.82) is 0 Å². The predicted octanol–water partition coefficient (Wildman–Crippen LogP) is 2.13. The van der Waals surface area contributed by atoms with Crippen molar-refractivity contribution in [3.63, 3.8) is 0 Å². The summed E-state index contributed by atoms with van der Waals surface area (Å²) in [5.74, 6) is 1.27. The Hall–Kier alpha value is -0.910. The molecule has 0 spiro atoms. The number of nitrogens with zero attached hydrogens (tertiary/aromatic N) is 2. The third kappa shape index (κ3) is 1.58. The van der Waals surface area contributed by atoms with Crippen molar-refractivity contribution in [2.24, 2.45) is 0 Å². The number of aryl methyl sites for hydroxylation is 1. The Morgan fingerprint density at radius 1 is 1.31 bits per heavy atom. The SMILES string of the molecule is Cc1nc(N)c2cc(I)ccc2n1. The largest absolute Gasteiger partial charge is 0.383 e. The normalized spacial score (nSPS) is 10.6. The van der Waals surface area contributed by atoms with Crippen molar-refractivity contribution in [2.45, 2.75) is 6.92 Å². The summed E-state index contributed by atoms with van der Waals surface area (Å²) in [5, 5.41) is 0.928. The van der Waals surface area contributed by atoms with Crippen LogP contribution >= 0.6 is 22.6 Å². The molecule has 0 radical (unpaired) electrons. The van der Waals surface area contributed by atoms with Gasteiger partial charge in [0.2, 0.25) is 0 Å². The fraction of sp³-hybridized carbons (Fsp3) is 0.111. The molecule has 0 bridgehead atoms. The molecule has 0 fully saturated rings. The van der Waals surface area contributed by atoms with E-state index in [1.54, 1.807) is 0 Å². The fourth-order valence-electron chi connectivity index (χ4n) is 1.24. The van der Waals surface area contributed by atoms with Gasteiger partial charge in [-0.3, -0.25) is 0 Å². The first-order chi connectivity index (χ1) is 6.16. The third-order valence-electron chi connectivity index (χ3n) is 1.80. The summed E-state index contributed by atoms with van der Waals surface area (Å²) in [6, 6.07) is 5.96. The zero-order valence-corrected chi connectivity index (χ0v) is 9.24. The number of hydrogen-bond donors (Lipinski definition) is 1. The summed E-state index contributed by atoms with van der Waals surface area (Å²) in [7, 11) is 0. The van der Waals surface area contributed by atoms with Gasteiger partial charge in [-0.1, -0.05) is 0 Å². The zero-order valence-electron chi connectivity index (χ0n) is 7.08. The maximum absolute atomic E-state index is 5.77. The highest BCUT2D eigenvalue weighted by molar-refractivity contribution is 14.1. The molecule has 1 aromatic carbocycles. The van der Waals surface area contributed by atoms with Crippen LogP contribution in [0.5, 0.6) is 0 Å². The maximum atomic E-state index is 5.77. The number of hydrogen-bond acceptors (Lipinski definition) is 3. The van der Waals surface area contributed by atoms with Crippen LogP contribution in [0.1, 0.15) is 5.82 Å². The van der Waals surface area contributed by atoms with Crippen LogP contribution < -0.4 is 5.73 Å². The number of nitrogen functional groups attached to an aromatic ring is 1. The van der Waals surface area contributed by atoms with Crippen LogP contribution in [0.15, 0.2) is 18.2 Å². The third-order valence-corrected chi connectivity index (χ3v) is 2.47. The monoisotopic (exact) mass is 285 g/mol. The van der Waals surface area contributed by atoms with Crippen LogP contribution in [0.3, 0.4) is 0 Å². The van der Waals surface area contributed by atoms with Crippen molar-refractivity contribution < 1.29 is 0 Å². The van der Waals surface area contributed by atoms with Crippen LogP contribution in [0, 0.1) is 10.5 Å². The van der Waals surface area contributed by atoms with Gasteiger partial charge in [-0.15, -0.1) is 0 Å². The molecule has 0 saturated carbocycles. The smallest absolute Gasteiger partial charge is 0.135 e. The number of fused-ring (bicyclic) bond motifs is 1. The summed E-state index contributed by atoms with van der Waals surface area (Å²) < 4.78 is 1.14. The van der Waals surface area contributed by atoms with E-state index in [1.165, 1.54) is 0 Å². The minimum absolute atomic E-state index is 0.556. The second-order valence-electron chi connectivity index (χ2n) is 2.82. The molecule has 0 atom stereocenters. The van der Waals surface area contributed by atoms with Gasteiger partial charge in [-0.05, 0) is 47.7 Å². The Labute approximate surface area is 89.5 Å². The molecule has 66 valence electrons. The highest BCUT2D eigenvalue weighted by atomic mass is 127. The van der Waals surface area contributed by atoms with E-state index in [0.717, 1.165) is 14.5 Å². The number of halogens is 1. The molecule has 0 unspecified atom stereocenters. The molecular formula is C9H8IN3. The summed E-state index contributed by atoms with van der Waals surface area (Å²) in [5.41, 5.74) is 6.68. The number of benzene rings is 1. The van der Waals surface area contributed by atoms with Gasteiger partial charge in [0.15, 0.2) is 0 Å². The van der Waals surface area contributed by atoms with E-state index in [-0.39, 0.29) is 0 Å². The number of nitrogens with two attached hydrogens (primary N) is 1. The minimum Gasteiger partial charge on any atom is -0.383 e. The Morgan fingerprint density at radius 2 is 2.08 bits per heavy atom. The first-order valence-electron chi connectivity index (χ1n) is 3.86. The molecule has 2 rings (SSSR count). The Kier molecular flexibility index (Phi) is 2.07. The van der Waals surface area contributed by atoms with Crippen LogP contribution in [-0.4, -0.2) is 9.97 Å². The molecule has 0 amide bonds. The van der Waals surface area contributed by atoms with Gasteiger partial charge in [0.25, 0.3) is 0 Å². The predicted molar refractivity (Wildman–Crippen MR) is 61.4 cm³/mol. The molecule has 2 N–H and O–H groups in total. The van der Waals surface area contributed by atoms with E-state index in [1.807, 2.05) is 25.1 Å². The maximum Gasteiger partial charge on any atom is 0.135 e. The minimum atomic E-state index is 0.556. The Morgan fingerprint density at radius 3 is 2.85 bits per heavy atom. The highest BCUT2D eigenvalue weighted by Crippen LogP contribution is 2.19. The quantitative estimate of drug-likeness (QED) is 0.754. The molecule has 0 aliphatic heterocycles. The van der Waals surface area contributed by atoms with Gasteiger partial charge in [-0.25, -0.2) is 9.97 Å². The molecule has 0 saturated heterocycles. The van der Waals surface area contributed by atoms with Gasteiger partial charge in [0.1, 0.15) is 11.6 Å². The number of anilines is 1. The summed E-state index contributed by atoms with van der Waals surface area (Å²) in [6.07, 6.45) is 0. The van der Waals surface area contributed by atoms with Crippen LogP contribution in [0.25, 0.3) is 10.9 Å². The van der Waals surface area contributed by atoms with Crippen LogP contribution in [0.4, 0.5) is 5.82 Å². The van der Waals surface area contributed by atoms with Gasteiger partial charge in [-0.2, -0.15) is 0 Å². The molecule has 1 heterocycles. The lowest BCUT2D eigenvalue weighted by molar-refractivity contribution is 1.10. The first kappa shape index (κ1) is 8.68. The van der Waals surface area contributed by atoms with Gasteiger partial charge < -0.3 is 5.73 Å². The van der Waals surface area contributed by atoms with E-state index in [2.05, 4.69) is 32.6 Å². The second kappa shape index (κ2) is 3.10. The topological polar surface area (TPSA) is 51.8 Å². The van der Waals surface area contributed by atoms with Crippen molar-refractivity contribution in [3.8, 4) is 0 Å². The molecule has 2 aromatic rings. The van der Waals surface area contributed by atoms with E-state index >= 15 is 0 Å². The van der Waals surface area contributed by atoms with Crippen LogP contribution in [0.2, 0.25) is 0 Å². The first-order valence-corrected chi connectivity index (χ1v) is 4.94. The molecule has 13 heavy (non-hydrogen) atoms. The average Bonchev–Trinajstić information content (AvgIpc) is 2.06. The Balaban J connectivity index is 2.87. The Bertz CT molecular complexity index is 468. The second-order valence-corrected chi connectivity index (χ2v) is 4.06. The lowest BCUT2D eigenvalue weighted by atomic mass is 10.2. The number of rotatable bonds is 0. The van der Waals surface area contributed by atoms with Crippen LogP contribution in [-0.2, 0) is 0 Å². The molecule has 0 aliphatic rings. The van der Waals surface area contributed by atoms with E-state index in [4.69, 9.17) is 5.73 Å². The van der Waals surface area contributed by atoms with E-state index in [9.17, 15) is 0 Å². The highest BCUT2D eigenvalue weighted by Gasteiger charge is 2.02. The van der Waals surface area contributed by atoms with Crippen molar-refractivity contribution in [1.82, 2.24) is 9.97 Å². The molecule has 1 aromatic heterocycles. The number of aromatic nitrogens is 2.